The van der Waals surface area contributed by atoms with E-state index in [1.165, 1.54) is 12.1 Å². The largest absolute Gasteiger partial charge is 0.379 e. The molecule has 2 heterocycles. The molecule has 1 aliphatic rings. The molecule has 1 aliphatic heterocycles. The Bertz CT molecular complexity index is 624. The molecule has 2 N–H and O–H groups in total. The van der Waals surface area contributed by atoms with E-state index < -0.39 is 17.2 Å². The number of halogens is 2. The number of hydrogen-bond acceptors (Lipinski definition) is 5. The SMILES string of the molecule is NC1(c2nc(Cc3ccc(F)cc3F)no2)CCOC1. The Morgan fingerprint density at radius 3 is 2.90 bits per heavy atom. The minimum absolute atomic E-state index is 0.118. The summed E-state index contributed by atoms with van der Waals surface area (Å²) in [5.74, 6) is -0.665. The van der Waals surface area contributed by atoms with E-state index in [2.05, 4.69) is 10.1 Å². The van der Waals surface area contributed by atoms with Crippen molar-refractivity contribution in [3.63, 3.8) is 0 Å². The Morgan fingerprint density at radius 1 is 1.35 bits per heavy atom. The topological polar surface area (TPSA) is 74.2 Å². The Hall–Kier alpha value is -1.86. The molecule has 0 spiro atoms. The molecule has 3 rings (SSSR count). The summed E-state index contributed by atoms with van der Waals surface area (Å²) in [5.41, 5.74) is 5.62. The summed E-state index contributed by atoms with van der Waals surface area (Å²) >= 11 is 0. The van der Waals surface area contributed by atoms with Gasteiger partial charge in [-0.2, -0.15) is 4.98 Å². The van der Waals surface area contributed by atoms with Gasteiger partial charge in [0.2, 0.25) is 5.89 Å². The predicted molar refractivity (Wildman–Crippen MR) is 64.8 cm³/mol. The predicted octanol–water partition coefficient (Wildman–Crippen LogP) is 1.51. The lowest BCUT2D eigenvalue weighted by Crippen LogP contribution is -2.37. The highest BCUT2D eigenvalue weighted by Crippen LogP contribution is 2.26. The zero-order valence-corrected chi connectivity index (χ0v) is 10.6. The van der Waals surface area contributed by atoms with Crippen LogP contribution in [0.25, 0.3) is 0 Å². The van der Waals surface area contributed by atoms with Gasteiger partial charge in [0.25, 0.3) is 0 Å². The van der Waals surface area contributed by atoms with Crippen LogP contribution in [0.4, 0.5) is 8.78 Å². The summed E-state index contributed by atoms with van der Waals surface area (Å²) in [7, 11) is 0. The normalized spacial score (nSPS) is 22.4. The number of nitrogens with two attached hydrogens (primary N) is 1. The third-order valence-electron chi connectivity index (χ3n) is 3.31. The molecule has 0 amide bonds. The zero-order valence-electron chi connectivity index (χ0n) is 10.6. The van der Waals surface area contributed by atoms with Gasteiger partial charge in [0, 0.05) is 19.1 Å². The first kappa shape index (κ1) is 13.1. The minimum Gasteiger partial charge on any atom is -0.379 e. The van der Waals surface area contributed by atoms with Crippen LogP contribution in [0.3, 0.4) is 0 Å². The number of nitrogens with zero attached hydrogens (tertiary/aromatic N) is 2. The van der Waals surface area contributed by atoms with Gasteiger partial charge in [-0.3, -0.25) is 0 Å². The van der Waals surface area contributed by atoms with Gasteiger partial charge < -0.3 is 15.0 Å². The van der Waals surface area contributed by atoms with E-state index in [-0.39, 0.29) is 12.3 Å². The van der Waals surface area contributed by atoms with Crippen LogP contribution in [0.1, 0.15) is 23.7 Å². The smallest absolute Gasteiger partial charge is 0.249 e. The van der Waals surface area contributed by atoms with Crippen molar-refractivity contribution >= 4 is 0 Å². The molecule has 1 aromatic carbocycles. The van der Waals surface area contributed by atoms with Crippen molar-refractivity contribution in [2.75, 3.05) is 13.2 Å². The minimum atomic E-state index is -0.771. The lowest BCUT2D eigenvalue weighted by molar-refractivity contribution is 0.166. The maximum atomic E-state index is 13.5. The third kappa shape index (κ3) is 2.41. The number of ether oxygens (including phenoxy) is 1. The molecule has 2 aromatic rings. The molecule has 1 aromatic heterocycles. The molecule has 0 radical (unpaired) electrons. The van der Waals surface area contributed by atoms with Crippen molar-refractivity contribution in [3.05, 3.63) is 47.1 Å². The highest BCUT2D eigenvalue weighted by molar-refractivity contribution is 5.22. The van der Waals surface area contributed by atoms with Crippen molar-refractivity contribution in [2.45, 2.75) is 18.4 Å². The Morgan fingerprint density at radius 2 is 2.20 bits per heavy atom. The first-order valence-electron chi connectivity index (χ1n) is 6.20. The van der Waals surface area contributed by atoms with E-state index in [4.69, 9.17) is 15.0 Å². The molecule has 5 nitrogen and oxygen atoms in total. The fraction of sp³-hybridized carbons (Fsp3) is 0.385. The van der Waals surface area contributed by atoms with Crippen LogP contribution in [-0.2, 0) is 16.7 Å². The first-order chi connectivity index (χ1) is 9.57. The summed E-state index contributed by atoms with van der Waals surface area (Å²) in [6.45, 7) is 0.861. The van der Waals surface area contributed by atoms with Crippen LogP contribution in [-0.4, -0.2) is 23.4 Å². The van der Waals surface area contributed by atoms with E-state index in [9.17, 15) is 8.78 Å². The van der Waals surface area contributed by atoms with Gasteiger partial charge in [-0.25, -0.2) is 8.78 Å². The van der Waals surface area contributed by atoms with E-state index in [1.807, 2.05) is 0 Å². The molecule has 1 atom stereocenters. The summed E-state index contributed by atoms with van der Waals surface area (Å²) in [6, 6.07) is 3.37. The molecular weight excluding hydrogens is 268 g/mol. The lowest BCUT2D eigenvalue weighted by Gasteiger charge is -2.14. The summed E-state index contributed by atoms with van der Waals surface area (Å²) in [6.07, 6.45) is 0.714. The van der Waals surface area contributed by atoms with E-state index >= 15 is 0 Å². The molecule has 0 saturated carbocycles. The lowest BCUT2D eigenvalue weighted by atomic mass is 10.0. The second-order valence-corrected chi connectivity index (χ2v) is 4.89. The highest BCUT2D eigenvalue weighted by Gasteiger charge is 2.38. The quantitative estimate of drug-likeness (QED) is 0.923. The number of rotatable bonds is 3. The third-order valence-corrected chi connectivity index (χ3v) is 3.31. The molecule has 1 unspecified atom stereocenters. The fourth-order valence-corrected chi connectivity index (χ4v) is 2.11. The zero-order chi connectivity index (χ0) is 14.2. The van der Waals surface area contributed by atoms with Crippen LogP contribution < -0.4 is 5.73 Å². The summed E-state index contributed by atoms with van der Waals surface area (Å²) < 4.78 is 36.7. The monoisotopic (exact) mass is 281 g/mol. The van der Waals surface area contributed by atoms with Gasteiger partial charge >= 0.3 is 0 Å². The molecule has 0 aliphatic carbocycles. The maximum absolute atomic E-state index is 13.5. The van der Waals surface area contributed by atoms with Crippen molar-refractivity contribution in [1.29, 1.82) is 0 Å². The highest BCUT2D eigenvalue weighted by atomic mass is 19.1. The van der Waals surface area contributed by atoms with E-state index in [0.29, 0.717) is 31.0 Å². The van der Waals surface area contributed by atoms with Gasteiger partial charge in [-0.1, -0.05) is 11.2 Å². The average Bonchev–Trinajstić information content (AvgIpc) is 3.03. The van der Waals surface area contributed by atoms with Gasteiger partial charge in [0.1, 0.15) is 17.2 Å². The van der Waals surface area contributed by atoms with Crippen LogP contribution in [0.5, 0.6) is 0 Å². The first-order valence-corrected chi connectivity index (χ1v) is 6.20. The molecule has 1 fully saturated rings. The molecule has 7 heteroatoms. The summed E-state index contributed by atoms with van der Waals surface area (Å²) in [5, 5.41) is 3.78. The van der Waals surface area contributed by atoms with E-state index in [0.717, 1.165) is 6.07 Å². The van der Waals surface area contributed by atoms with Gasteiger partial charge in [0.15, 0.2) is 5.82 Å². The van der Waals surface area contributed by atoms with Crippen LogP contribution in [0, 0.1) is 11.6 Å². The van der Waals surface area contributed by atoms with Gasteiger partial charge in [-0.05, 0) is 18.1 Å². The number of aromatic nitrogens is 2. The second kappa shape index (κ2) is 4.92. The van der Waals surface area contributed by atoms with Gasteiger partial charge in [-0.15, -0.1) is 0 Å². The average molecular weight is 281 g/mol. The van der Waals surface area contributed by atoms with Crippen LogP contribution in [0.15, 0.2) is 22.7 Å². The van der Waals surface area contributed by atoms with E-state index in [1.54, 1.807) is 0 Å². The molecule has 1 saturated heterocycles. The molecule has 0 bridgehead atoms. The van der Waals surface area contributed by atoms with Crippen molar-refractivity contribution < 1.29 is 18.0 Å². The Kier molecular flexibility index (Phi) is 3.23. The summed E-state index contributed by atoms with van der Waals surface area (Å²) in [4.78, 5) is 4.18. The standard InChI is InChI=1S/C13H13F2N3O2/c14-9-2-1-8(10(15)6-9)5-11-17-12(20-18-11)13(16)3-4-19-7-13/h1-2,6H,3-5,7,16H2. The molecule has 106 valence electrons. The van der Waals surface area contributed by atoms with Crippen molar-refractivity contribution in [3.8, 4) is 0 Å². The Labute approximate surface area is 113 Å². The van der Waals surface area contributed by atoms with Gasteiger partial charge in [0.05, 0.1) is 6.61 Å². The molecule has 20 heavy (non-hydrogen) atoms. The maximum Gasteiger partial charge on any atom is 0.249 e. The van der Waals surface area contributed by atoms with Crippen LogP contribution in [0.2, 0.25) is 0 Å². The fourth-order valence-electron chi connectivity index (χ4n) is 2.11. The Balaban J connectivity index is 1.80. The van der Waals surface area contributed by atoms with Crippen molar-refractivity contribution in [1.82, 2.24) is 10.1 Å². The van der Waals surface area contributed by atoms with Crippen LogP contribution >= 0.6 is 0 Å². The van der Waals surface area contributed by atoms with Crippen molar-refractivity contribution in [2.24, 2.45) is 5.73 Å². The molecular formula is C13H13F2N3O2. The number of benzene rings is 1. The second-order valence-electron chi connectivity index (χ2n) is 4.89. The number of hydrogen-bond donors (Lipinski definition) is 1.